The van der Waals surface area contributed by atoms with E-state index < -0.39 is 23.5 Å². The first-order valence-electron chi connectivity index (χ1n) is 10.7. The van der Waals surface area contributed by atoms with Gasteiger partial charge in [-0.25, -0.2) is 8.78 Å². The molecule has 2 aliphatic rings. The number of anilines is 1. The van der Waals surface area contributed by atoms with Gasteiger partial charge in [0, 0.05) is 39.1 Å². The van der Waals surface area contributed by atoms with E-state index in [2.05, 4.69) is 0 Å². The SMILES string of the molecule is Cc1ccc(N2CC(C(=O)N3CCCN(C(=O)c4ccccc4F)CC3)CC2=O)c(F)c1. The Kier molecular flexibility index (Phi) is 6.21. The molecule has 2 heterocycles. The number of rotatable bonds is 3. The molecule has 6 nitrogen and oxygen atoms in total. The average molecular weight is 441 g/mol. The number of hydrogen-bond acceptors (Lipinski definition) is 3. The summed E-state index contributed by atoms with van der Waals surface area (Å²) in [4.78, 5) is 42.9. The lowest BCUT2D eigenvalue weighted by Gasteiger charge is -2.25. The van der Waals surface area contributed by atoms with Crippen LogP contribution in [0.15, 0.2) is 42.5 Å². The number of benzene rings is 2. The minimum Gasteiger partial charge on any atom is -0.341 e. The lowest BCUT2D eigenvalue weighted by molar-refractivity contribution is -0.135. The van der Waals surface area contributed by atoms with Crippen LogP contribution >= 0.6 is 0 Å². The van der Waals surface area contributed by atoms with Crippen molar-refractivity contribution in [2.45, 2.75) is 19.8 Å². The molecule has 4 rings (SSSR count). The number of nitrogens with zero attached hydrogens (tertiary/aromatic N) is 3. The summed E-state index contributed by atoms with van der Waals surface area (Å²) in [6, 6.07) is 10.5. The quantitative estimate of drug-likeness (QED) is 0.736. The summed E-state index contributed by atoms with van der Waals surface area (Å²) in [5, 5.41) is 0. The van der Waals surface area contributed by atoms with Crippen LogP contribution in [0.2, 0.25) is 0 Å². The molecule has 1 atom stereocenters. The molecule has 0 radical (unpaired) electrons. The summed E-state index contributed by atoms with van der Waals surface area (Å²) in [6.45, 7) is 3.36. The predicted molar refractivity (Wildman–Crippen MR) is 115 cm³/mol. The Morgan fingerprint density at radius 1 is 0.938 bits per heavy atom. The van der Waals surface area contributed by atoms with E-state index in [1.54, 1.807) is 34.9 Å². The second kappa shape index (κ2) is 9.06. The van der Waals surface area contributed by atoms with Crippen LogP contribution in [0.25, 0.3) is 0 Å². The molecule has 8 heteroatoms. The van der Waals surface area contributed by atoms with E-state index in [4.69, 9.17) is 0 Å². The standard InChI is InChI=1S/C24H25F2N3O3/c1-16-7-8-21(20(26)13-16)29-15-17(14-22(29)30)23(31)27-9-4-10-28(12-11-27)24(32)18-5-2-3-6-19(18)25/h2-3,5-8,13,17H,4,9-12,14-15H2,1H3. The third kappa shape index (κ3) is 4.35. The molecule has 0 aliphatic carbocycles. The molecule has 0 spiro atoms. The van der Waals surface area contributed by atoms with Crippen molar-refractivity contribution in [1.82, 2.24) is 9.80 Å². The van der Waals surface area contributed by atoms with Gasteiger partial charge in [-0.2, -0.15) is 0 Å². The monoisotopic (exact) mass is 441 g/mol. The lowest BCUT2D eigenvalue weighted by Crippen LogP contribution is -2.41. The first-order chi connectivity index (χ1) is 15.3. The Hall–Kier alpha value is -3.29. The molecule has 1 unspecified atom stereocenters. The number of carbonyl (C=O) groups is 3. The van der Waals surface area contributed by atoms with Gasteiger partial charge in [0.1, 0.15) is 11.6 Å². The highest BCUT2D eigenvalue weighted by Crippen LogP contribution is 2.29. The van der Waals surface area contributed by atoms with Crippen molar-refractivity contribution >= 4 is 23.4 Å². The zero-order valence-corrected chi connectivity index (χ0v) is 17.9. The summed E-state index contributed by atoms with van der Waals surface area (Å²) < 4.78 is 28.3. The zero-order valence-electron chi connectivity index (χ0n) is 17.9. The number of aryl methyl sites for hydroxylation is 1. The fourth-order valence-corrected chi connectivity index (χ4v) is 4.34. The average Bonchev–Trinajstić information content (AvgIpc) is 2.99. The smallest absolute Gasteiger partial charge is 0.256 e. The maximum atomic E-state index is 14.3. The minimum absolute atomic E-state index is 0.0180. The van der Waals surface area contributed by atoms with Crippen LogP contribution in [0.5, 0.6) is 0 Å². The first-order valence-corrected chi connectivity index (χ1v) is 10.7. The summed E-state index contributed by atoms with van der Waals surface area (Å²) in [5.74, 6) is -2.46. The number of halogens is 2. The van der Waals surface area contributed by atoms with E-state index in [-0.39, 0.29) is 42.6 Å². The molecule has 2 fully saturated rings. The van der Waals surface area contributed by atoms with Gasteiger partial charge in [-0.3, -0.25) is 14.4 Å². The van der Waals surface area contributed by atoms with E-state index in [0.29, 0.717) is 26.1 Å². The van der Waals surface area contributed by atoms with Crippen molar-refractivity contribution in [1.29, 1.82) is 0 Å². The van der Waals surface area contributed by atoms with E-state index in [1.165, 1.54) is 29.2 Å². The van der Waals surface area contributed by atoms with Crippen molar-refractivity contribution in [2.75, 3.05) is 37.6 Å². The van der Waals surface area contributed by atoms with Gasteiger partial charge in [-0.05, 0) is 43.2 Å². The van der Waals surface area contributed by atoms with Gasteiger partial charge in [0.15, 0.2) is 0 Å². The van der Waals surface area contributed by atoms with Crippen LogP contribution in [0, 0.1) is 24.5 Å². The Bertz CT molecular complexity index is 1060. The van der Waals surface area contributed by atoms with E-state index in [0.717, 1.165) is 5.56 Å². The van der Waals surface area contributed by atoms with Crippen LogP contribution in [0.1, 0.15) is 28.8 Å². The molecule has 2 aliphatic heterocycles. The molecule has 0 aromatic heterocycles. The number of amides is 3. The van der Waals surface area contributed by atoms with E-state index >= 15 is 0 Å². The van der Waals surface area contributed by atoms with Gasteiger partial charge in [0.05, 0.1) is 17.2 Å². The molecule has 168 valence electrons. The van der Waals surface area contributed by atoms with Crippen LogP contribution in [-0.4, -0.2) is 60.2 Å². The normalized spacial score (nSPS) is 19.3. The van der Waals surface area contributed by atoms with Gasteiger partial charge < -0.3 is 14.7 Å². The third-order valence-corrected chi connectivity index (χ3v) is 6.07. The van der Waals surface area contributed by atoms with Crippen LogP contribution in [0.4, 0.5) is 14.5 Å². The summed E-state index contributed by atoms with van der Waals surface area (Å²) in [5.41, 5.74) is 0.961. The Balaban J connectivity index is 1.40. The highest BCUT2D eigenvalue weighted by Gasteiger charge is 2.38. The van der Waals surface area contributed by atoms with E-state index in [1.807, 2.05) is 0 Å². The second-order valence-corrected chi connectivity index (χ2v) is 8.31. The highest BCUT2D eigenvalue weighted by molar-refractivity contribution is 6.00. The molecule has 2 aromatic rings. The van der Waals surface area contributed by atoms with Gasteiger partial charge in [-0.15, -0.1) is 0 Å². The lowest BCUT2D eigenvalue weighted by atomic mass is 10.1. The molecular formula is C24H25F2N3O3. The molecule has 0 bridgehead atoms. The molecule has 3 amide bonds. The number of hydrogen-bond donors (Lipinski definition) is 0. The molecule has 32 heavy (non-hydrogen) atoms. The van der Waals surface area contributed by atoms with Crippen molar-refractivity contribution in [3.05, 3.63) is 65.2 Å². The minimum atomic E-state index is -0.567. The van der Waals surface area contributed by atoms with Crippen molar-refractivity contribution in [2.24, 2.45) is 5.92 Å². The molecule has 0 saturated carbocycles. The van der Waals surface area contributed by atoms with Crippen LogP contribution in [0.3, 0.4) is 0 Å². The molecule has 2 saturated heterocycles. The summed E-state index contributed by atoms with van der Waals surface area (Å²) >= 11 is 0. The van der Waals surface area contributed by atoms with Gasteiger partial charge >= 0.3 is 0 Å². The molecular weight excluding hydrogens is 416 g/mol. The third-order valence-electron chi connectivity index (χ3n) is 6.07. The highest BCUT2D eigenvalue weighted by atomic mass is 19.1. The zero-order chi connectivity index (χ0) is 22.8. The van der Waals surface area contributed by atoms with Gasteiger partial charge in [0.25, 0.3) is 5.91 Å². The summed E-state index contributed by atoms with van der Waals surface area (Å²) in [6.07, 6.45) is 0.587. The number of carbonyl (C=O) groups excluding carboxylic acids is 3. The predicted octanol–water partition coefficient (Wildman–Crippen LogP) is 3.00. The topological polar surface area (TPSA) is 60.9 Å². The van der Waals surface area contributed by atoms with Gasteiger partial charge in [-0.1, -0.05) is 18.2 Å². The Morgan fingerprint density at radius 3 is 2.41 bits per heavy atom. The van der Waals surface area contributed by atoms with Crippen molar-refractivity contribution < 1.29 is 23.2 Å². The Labute approximate surface area is 185 Å². The maximum absolute atomic E-state index is 14.3. The fourth-order valence-electron chi connectivity index (χ4n) is 4.34. The largest absolute Gasteiger partial charge is 0.341 e. The molecule has 2 aromatic carbocycles. The van der Waals surface area contributed by atoms with Crippen LogP contribution < -0.4 is 4.90 Å². The summed E-state index contributed by atoms with van der Waals surface area (Å²) in [7, 11) is 0. The second-order valence-electron chi connectivity index (χ2n) is 8.31. The Morgan fingerprint density at radius 2 is 1.66 bits per heavy atom. The molecule has 0 N–H and O–H groups in total. The maximum Gasteiger partial charge on any atom is 0.256 e. The first kappa shape index (κ1) is 21.9. The van der Waals surface area contributed by atoms with Crippen molar-refractivity contribution in [3.63, 3.8) is 0 Å². The van der Waals surface area contributed by atoms with Crippen molar-refractivity contribution in [3.8, 4) is 0 Å². The van der Waals surface area contributed by atoms with Crippen LogP contribution in [-0.2, 0) is 9.59 Å². The van der Waals surface area contributed by atoms with Gasteiger partial charge in [0.2, 0.25) is 11.8 Å². The van der Waals surface area contributed by atoms with E-state index in [9.17, 15) is 23.2 Å². The fraction of sp³-hybridized carbons (Fsp3) is 0.375.